The molecule has 0 heterocycles. The number of hydrogen-bond donors (Lipinski definition) is 0. The van der Waals surface area contributed by atoms with Gasteiger partial charge in [-0.15, -0.1) is 13.2 Å². The standard InChI is InChI=1S/C20H28F4O/c1-3-4-5-15-6-9-17(10-7-15)14(2)12-16-8-11-19(18(21)13-16)25-20(22,23)24/h8,11,13-15,17H,3-7,9-10,12H2,1-2H3. The molecule has 0 spiro atoms. The number of benzene rings is 1. The second-order valence-corrected chi connectivity index (χ2v) is 7.42. The zero-order chi connectivity index (χ0) is 18.4. The van der Waals surface area contributed by atoms with Crippen LogP contribution in [0.15, 0.2) is 18.2 Å². The van der Waals surface area contributed by atoms with Gasteiger partial charge in [0.2, 0.25) is 0 Å². The monoisotopic (exact) mass is 360 g/mol. The molecule has 142 valence electrons. The molecule has 1 aliphatic carbocycles. The summed E-state index contributed by atoms with van der Waals surface area (Å²) in [6.45, 7) is 4.38. The molecule has 0 amide bonds. The number of unbranched alkanes of at least 4 members (excludes halogenated alkanes) is 1. The van der Waals surface area contributed by atoms with E-state index in [0.717, 1.165) is 17.5 Å². The van der Waals surface area contributed by atoms with Gasteiger partial charge in [-0.3, -0.25) is 0 Å². The van der Waals surface area contributed by atoms with Crippen molar-refractivity contribution in [3.8, 4) is 5.75 Å². The van der Waals surface area contributed by atoms with Crippen LogP contribution in [0.5, 0.6) is 5.75 Å². The molecule has 1 saturated carbocycles. The van der Waals surface area contributed by atoms with Crippen molar-refractivity contribution in [2.45, 2.75) is 71.6 Å². The van der Waals surface area contributed by atoms with E-state index in [1.807, 2.05) is 0 Å². The maximum absolute atomic E-state index is 13.8. The van der Waals surface area contributed by atoms with E-state index in [-0.39, 0.29) is 0 Å². The van der Waals surface area contributed by atoms with Crippen molar-refractivity contribution >= 4 is 0 Å². The van der Waals surface area contributed by atoms with Gasteiger partial charge < -0.3 is 4.74 Å². The summed E-state index contributed by atoms with van der Waals surface area (Å²) in [4.78, 5) is 0. The van der Waals surface area contributed by atoms with Crippen LogP contribution in [0, 0.1) is 23.6 Å². The molecular weight excluding hydrogens is 332 g/mol. The molecule has 0 N–H and O–H groups in total. The third-order valence-corrected chi connectivity index (χ3v) is 5.44. The van der Waals surface area contributed by atoms with Crippen LogP contribution in [0.4, 0.5) is 17.6 Å². The van der Waals surface area contributed by atoms with E-state index in [9.17, 15) is 17.6 Å². The fourth-order valence-corrected chi connectivity index (χ4v) is 3.96. The lowest BCUT2D eigenvalue weighted by Crippen LogP contribution is -2.21. The van der Waals surface area contributed by atoms with Crippen LogP contribution < -0.4 is 4.74 Å². The molecule has 1 aromatic carbocycles. The molecule has 0 bridgehead atoms. The van der Waals surface area contributed by atoms with Gasteiger partial charge >= 0.3 is 6.36 Å². The van der Waals surface area contributed by atoms with Crippen molar-refractivity contribution in [1.82, 2.24) is 0 Å². The molecule has 1 atom stereocenters. The van der Waals surface area contributed by atoms with Gasteiger partial charge in [0.1, 0.15) is 0 Å². The highest BCUT2D eigenvalue weighted by Gasteiger charge is 2.32. The van der Waals surface area contributed by atoms with E-state index in [2.05, 4.69) is 18.6 Å². The molecule has 0 aromatic heterocycles. The van der Waals surface area contributed by atoms with Gasteiger partial charge in [-0.25, -0.2) is 4.39 Å². The molecular formula is C20H28F4O. The van der Waals surface area contributed by atoms with Crippen molar-refractivity contribution in [3.63, 3.8) is 0 Å². The van der Waals surface area contributed by atoms with Gasteiger partial charge in [0.05, 0.1) is 0 Å². The first-order valence-electron chi connectivity index (χ1n) is 9.32. The van der Waals surface area contributed by atoms with E-state index in [1.165, 1.54) is 57.1 Å². The molecule has 1 nitrogen and oxygen atoms in total. The first-order valence-corrected chi connectivity index (χ1v) is 9.32. The number of rotatable bonds is 7. The number of halogens is 4. The van der Waals surface area contributed by atoms with E-state index < -0.39 is 17.9 Å². The average Bonchev–Trinajstić information content (AvgIpc) is 2.55. The van der Waals surface area contributed by atoms with E-state index in [1.54, 1.807) is 0 Å². The summed E-state index contributed by atoms with van der Waals surface area (Å²) in [6, 6.07) is 3.78. The van der Waals surface area contributed by atoms with Crippen LogP contribution in [0.25, 0.3) is 0 Å². The van der Waals surface area contributed by atoms with E-state index >= 15 is 0 Å². The van der Waals surface area contributed by atoms with Crippen LogP contribution in [0.3, 0.4) is 0 Å². The van der Waals surface area contributed by atoms with Crippen LogP contribution in [0.2, 0.25) is 0 Å². The molecule has 1 unspecified atom stereocenters. The Bertz CT molecular complexity index is 533. The Kier molecular flexibility index (Phi) is 7.14. The molecule has 1 aliphatic rings. The van der Waals surface area contributed by atoms with Gasteiger partial charge in [-0.1, -0.05) is 52.0 Å². The molecule has 1 fully saturated rings. The Hall–Kier alpha value is -1.26. The van der Waals surface area contributed by atoms with Crippen LogP contribution in [-0.2, 0) is 6.42 Å². The van der Waals surface area contributed by atoms with Crippen molar-refractivity contribution in [3.05, 3.63) is 29.6 Å². The normalized spacial score (nSPS) is 22.6. The molecule has 5 heteroatoms. The van der Waals surface area contributed by atoms with Crippen molar-refractivity contribution < 1.29 is 22.3 Å². The number of hydrogen-bond acceptors (Lipinski definition) is 1. The highest BCUT2D eigenvalue weighted by molar-refractivity contribution is 5.29. The van der Waals surface area contributed by atoms with Gasteiger partial charge in [0.25, 0.3) is 0 Å². The van der Waals surface area contributed by atoms with Crippen LogP contribution in [0.1, 0.15) is 64.4 Å². The minimum atomic E-state index is -4.87. The van der Waals surface area contributed by atoms with E-state index in [0.29, 0.717) is 18.3 Å². The van der Waals surface area contributed by atoms with Gasteiger partial charge in [0.15, 0.2) is 11.6 Å². The minimum Gasteiger partial charge on any atom is -0.403 e. The Morgan fingerprint density at radius 1 is 1.16 bits per heavy atom. The zero-order valence-corrected chi connectivity index (χ0v) is 15.0. The lowest BCUT2D eigenvalue weighted by Gasteiger charge is -2.32. The Morgan fingerprint density at radius 3 is 2.40 bits per heavy atom. The minimum absolute atomic E-state index is 0.404. The molecule has 0 aliphatic heterocycles. The summed E-state index contributed by atoms with van der Waals surface area (Å²) in [5, 5.41) is 0. The second-order valence-electron chi connectivity index (χ2n) is 7.42. The lowest BCUT2D eigenvalue weighted by molar-refractivity contribution is -0.275. The Balaban J connectivity index is 1.86. The highest BCUT2D eigenvalue weighted by atomic mass is 19.4. The predicted molar refractivity (Wildman–Crippen MR) is 90.9 cm³/mol. The first kappa shape index (κ1) is 20.1. The van der Waals surface area contributed by atoms with Crippen LogP contribution >= 0.6 is 0 Å². The zero-order valence-electron chi connectivity index (χ0n) is 15.0. The molecule has 0 radical (unpaired) electrons. The molecule has 1 aromatic rings. The highest BCUT2D eigenvalue weighted by Crippen LogP contribution is 2.37. The third kappa shape index (κ3) is 6.52. The largest absolute Gasteiger partial charge is 0.573 e. The lowest BCUT2D eigenvalue weighted by atomic mass is 9.73. The van der Waals surface area contributed by atoms with Crippen LogP contribution in [-0.4, -0.2) is 6.36 Å². The summed E-state index contributed by atoms with van der Waals surface area (Å²) in [5.74, 6) is 0.151. The van der Waals surface area contributed by atoms with Crippen molar-refractivity contribution in [2.24, 2.45) is 17.8 Å². The number of ether oxygens (including phenoxy) is 1. The molecule has 0 saturated heterocycles. The summed E-state index contributed by atoms with van der Waals surface area (Å²) in [6.07, 6.45) is 4.62. The fraction of sp³-hybridized carbons (Fsp3) is 0.700. The average molecular weight is 360 g/mol. The quantitative estimate of drug-likeness (QED) is 0.481. The summed E-state index contributed by atoms with van der Waals surface area (Å²) in [5.41, 5.74) is 0.729. The second kappa shape index (κ2) is 8.91. The molecule has 25 heavy (non-hydrogen) atoms. The maximum atomic E-state index is 13.8. The maximum Gasteiger partial charge on any atom is 0.573 e. The topological polar surface area (TPSA) is 9.23 Å². The third-order valence-electron chi connectivity index (χ3n) is 5.44. The smallest absolute Gasteiger partial charge is 0.403 e. The SMILES string of the molecule is CCCCC1CCC(C(C)Cc2ccc(OC(F)(F)F)c(F)c2)CC1. The molecule has 2 rings (SSSR count). The van der Waals surface area contributed by atoms with E-state index in [4.69, 9.17) is 0 Å². The van der Waals surface area contributed by atoms with Gasteiger partial charge in [-0.05, 0) is 54.7 Å². The Morgan fingerprint density at radius 2 is 1.84 bits per heavy atom. The van der Waals surface area contributed by atoms with Crippen molar-refractivity contribution in [2.75, 3.05) is 0 Å². The summed E-state index contributed by atoms with van der Waals surface area (Å²) in [7, 11) is 0. The van der Waals surface area contributed by atoms with Gasteiger partial charge in [-0.2, -0.15) is 0 Å². The van der Waals surface area contributed by atoms with Gasteiger partial charge in [0, 0.05) is 0 Å². The predicted octanol–water partition coefficient (Wildman–Crippen LogP) is 6.90. The Labute approximate surface area is 147 Å². The number of alkyl halides is 3. The first-order chi connectivity index (χ1) is 11.8. The van der Waals surface area contributed by atoms with Crippen molar-refractivity contribution in [1.29, 1.82) is 0 Å². The fourth-order valence-electron chi connectivity index (χ4n) is 3.96. The summed E-state index contributed by atoms with van der Waals surface area (Å²) < 4.78 is 54.1. The summed E-state index contributed by atoms with van der Waals surface area (Å²) >= 11 is 0.